The highest BCUT2D eigenvalue weighted by atomic mass is 16.5. The smallest absolute Gasteiger partial charge is 0.261 e. The van der Waals surface area contributed by atoms with Gasteiger partial charge >= 0.3 is 0 Å². The van der Waals surface area contributed by atoms with Crippen LogP contribution in [0, 0.1) is 27.7 Å². The van der Waals surface area contributed by atoms with E-state index in [0.29, 0.717) is 35.6 Å². The van der Waals surface area contributed by atoms with E-state index < -0.39 is 0 Å². The maximum absolute atomic E-state index is 15.3. The summed E-state index contributed by atoms with van der Waals surface area (Å²) in [7, 11) is 3.32. The van der Waals surface area contributed by atoms with E-state index in [4.69, 9.17) is 9.47 Å². The second-order valence-corrected chi connectivity index (χ2v) is 13.9. The predicted molar refractivity (Wildman–Crippen MR) is 208 cm³/mol. The number of aryl methyl sites for hydroxylation is 4. The van der Waals surface area contributed by atoms with Crippen molar-refractivity contribution in [3.8, 4) is 11.5 Å². The van der Waals surface area contributed by atoms with Gasteiger partial charge in [0.2, 0.25) is 0 Å². The van der Waals surface area contributed by atoms with E-state index in [1.54, 1.807) is 14.2 Å². The summed E-state index contributed by atoms with van der Waals surface area (Å²) in [6.07, 6.45) is 0. The first-order chi connectivity index (χ1) is 25.2. The quantitative estimate of drug-likeness (QED) is 0.160. The molecular formula is C46H40N2O4. The first-order valence-electron chi connectivity index (χ1n) is 17.6. The van der Waals surface area contributed by atoms with Crippen LogP contribution in [0.3, 0.4) is 0 Å². The van der Waals surface area contributed by atoms with Crippen LogP contribution >= 0.6 is 0 Å². The lowest BCUT2D eigenvalue weighted by atomic mass is 9.96. The molecule has 0 saturated carbocycles. The van der Waals surface area contributed by atoms with Crippen molar-refractivity contribution in [2.24, 2.45) is 0 Å². The van der Waals surface area contributed by atoms with Gasteiger partial charge in [0.05, 0.1) is 49.8 Å². The largest absolute Gasteiger partial charge is 0.496 e. The standard InChI is InChI=1S/C46H40N2O4/c1-27-19-28(2)22-31(21-27)25-47-43(37-15-17-39(51-5)35-13-9-7-11-33(35)37)41-42(45(47)49)44(38-16-18-40(52-6)36-14-10-8-12-34(36)38)48(46(41)50)26-32-23-29(3)20-30(4)24-32/h7-24H,25-26H2,1-6H3. The predicted octanol–water partition coefficient (Wildman–Crippen LogP) is 9.45. The van der Waals surface area contributed by atoms with Crippen molar-refractivity contribution in [1.29, 1.82) is 0 Å². The third-order valence-corrected chi connectivity index (χ3v) is 10.1. The maximum atomic E-state index is 15.3. The molecule has 0 atom stereocenters. The third kappa shape index (κ3) is 5.43. The number of hydrogen-bond donors (Lipinski definition) is 0. The Morgan fingerprint density at radius 1 is 0.462 bits per heavy atom. The fourth-order valence-electron chi connectivity index (χ4n) is 8.26. The molecule has 8 rings (SSSR count). The Hall–Kier alpha value is -6.14. The summed E-state index contributed by atoms with van der Waals surface area (Å²) >= 11 is 0. The van der Waals surface area contributed by atoms with Gasteiger partial charge in [0.25, 0.3) is 11.8 Å². The SMILES string of the molecule is COc1ccc(C2=C3C(=O)N(Cc4cc(C)cc(C)c4)C(c4ccc(OC)c5ccccc45)=C3C(=O)N2Cc2cc(C)cc(C)c2)c2ccccc12. The number of benzene rings is 6. The van der Waals surface area contributed by atoms with E-state index in [2.05, 4.69) is 64.1 Å². The van der Waals surface area contributed by atoms with Crippen LogP contribution in [-0.2, 0) is 22.7 Å². The fraction of sp³-hybridized carbons (Fsp3) is 0.174. The third-order valence-electron chi connectivity index (χ3n) is 10.1. The van der Waals surface area contributed by atoms with Gasteiger partial charge in [-0.05, 0) is 73.9 Å². The summed E-state index contributed by atoms with van der Waals surface area (Å²) in [6.45, 7) is 8.89. The Labute approximate surface area is 304 Å². The number of ether oxygens (including phenoxy) is 2. The minimum atomic E-state index is -0.199. The number of hydrogen-bond acceptors (Lipinski definition) is 4. The lowest BCUT2D eigenvalue weighted by Gasteiger charge is -2.27. The summed E-state index contributed by atoms with van der Waals surface area (Å²) in [4.78, 5) is 34.2. The molecule has 0 saturated heterocycles. The van der Waals surface area contributed by atoms with Gasteiger partial charge in [0, 0.05) is 21.9 Å². The van der Waals surface area contributed by atoms with Crippen molar-refractivity contribution in [3.05, 3.63) is 165 Å². The van der Waals surface area contributed by atoms with Crippen molar-refractivity contribution < 1.29 is 19.1 Å². The van der Waals surface area contributed by atoms with Crippen molar-refractivity contribution in [3.63, 3.8) is 0 Å². The lowest BCUT2D eigenvalue weighted by molar-refractivity contribution is -0.124. The number of carbonyl (C=O) groups excluding carboxylic acids is 2. The topological polar surface area (TPSA) is 59.1 Å². The van der Waals surface area contributed by atoms with Gasteiger partial charge in [-0.3, -0.25) is 9.59 Å². The molecule has 0 bridgehead atoms. The molecule has 0 radical (unpaired) electrons. The highest BCUT2D eigenvalue weighted by Gasteiger charge is 2.49. The molecule has 0 aromatic heterocycles. The molecule has 2 aliphatic heterocycles. The molecule has 0 N–H and O–H groups in total. The number of fused-ring (bicyclic) bond motifs is 3. The van der Waals surface area contributed by atoms with Crippen LogP contribution < -0.4 is 9.47 Å². The van der Waals surface area contributed by atoms with Crippen LogP contribution in [0.5, 0.6) is 11.5 Å². The minimum Gasteiger partial charge on any atom is -0.496 e. The van der Waals surface area contributed by atoms with Crippen LogP contribution in [0.1, 0.15) is 44.5 Å². The van der Waals surface area contributed by atoms with Gasteiger partial charge in [-0.15, -0.1) is 0 Å². The number of carbonyl (C=O) groups is 2. The molecule has 0 fully saturated rings. The van der Waals surface area contributed by atoms with Crippen LogP contribution in [-0.4, -0.2) is 35.8 Å². The molecular weight excluding hydrogens is 645 g/mol. The van der Waals surface area contributed by atoms with Crippen LogP contribution in [0.4, 0.5) is 0 Å². The van der Waals surface area contributed by atoms with Crippen molar-refractivity contribution in [1.82, 2.24) is 9.80 Å². The van der Waals surface area contributed by atoms with Gasteiger partial charge in [-0.25, -0.2) is 0 Å². The second kappa shape index (κ2) is 12.9. The Bertz CT molecular complexity index is 2330. The minimum absolute atomic E-state index is 0.199. The van der Waals surface area contributed by atoms with Gasteiger partial charge in [-0.1, -0.05) is 107 Å². The maximum Gasteiger partial charge on any atom is 0.261 e. The number of methoxy groups -OCH3 is 2. The second-order valence-electron chi connectivity index (χ2n) is 13.9. The summed E-state index contributed by atoms with van der Waals surface area (Å²) in [6, 6.07) is 36.6. The van der Waals surface area contributed by atoms with E-state index in [1.807, 2.05) is 82.6 Å². The highest BCUT2D eigenvalue weighted by molar-refractivity contribution is 6.31. The van der Waals surface area contributed by atoms with Crippen LogP contribution in [0.2, 0.25) is 0 Å². The molecule has 258 valence electrons. The molecule has 2 amide bonds. The molecule has 6 aromatic carbocycles. The van der Waals surface area contributed by atoms with E-state index >= 15 is 9.59 Å². The van der Waals surface area contributed by atoms with Crippen molar-refractivity contribution >= 4 is 44.8 Å². The van der Waals surface area contributed by atoms with E-state index in [-0.39, 0.29) is 11.8 Å². The molecule has 2 heterocycles. The average Bonchev–Trinajstić information content (AvgIpc) is 3.55. The average molecular weight is 685 g/mol. The number of amides is 2. The van der Waals surface area contributed by atoms with Crippen molar-refractivity contribution in [2.45, 2.75) is 40.8 Å². The summed E-state index contributed by atoms with van der Waals surface area (Å²) in [5, 5.41) is 3.62. The summed E-state index contributed by atoms with van der Waals surface area (Å²) in [5.41, 5.74) is 10.1. The first kappa shape index (κ1) is 33.0. The zero-order valence-corrected chi connectivity index (χ0v) is 30.3. The van der Waals surface area contributed by atoms with Crippen LogP contribution in [0.25, 0.3) is 32.9 Å². The summed E-state index contributed by atoms with van der Waals surface area (Å²) < 4.78 is 11.5. The van der Waals surface area contributed by atoms with Gasteiger partial charge in [0.15, 0.2) is 0 Å². The molecule has 6 nitrogen and oxygen atoms in total. The Kier molecular flexibility index (Phi) is 8.18. The van der Waals surface area contributed by atoms with Crippen molar-refractivity contribution in [2.75, 3.05) is 14.2 Å². The van der Waals surface area contributed by atoms with E-state index in [9.17, 15) is 0 Å². The fourth-order valence-corrected chi connectivity index (χ4v) is 8.26. The highest BCUT2D eigenvalue weighted by Crippen LogP contribution is 2.50. The van der Waals surface area contributed by atoms with E-state index in [1.165, 1.54) is 0 Å². The molecule has 52 heavy (non-hydrogen) atoms. The molecule has 0 spiro atoms. The van der Waals surface area contributed by atoms with Gasteiger partial charge in [0.1, 0.15) is 11.5 Å². The normalized spacial score (nSPS) is 14.3. The van der Waals surface area contributed by atoms with Gasteiger partial charge in [-0.2, -0.15) is 0 Å². The lowest BCUT2D eigenvalue weighted by Crippen LogP contribution is -2.29. The molecule has 2 aliphatic rings. The number of rotatable bonds is 8. The Morgan fingerprint density at radius 3 is 1.15 bits per heavy atom. The Morgan fingerprint density at radius 2 is 0.808 bits per heavy atom. The first-order valence-corrected chi connectivity index (χ1v) is 17.6. The zero-order valence-electron chi connectivity index (χ0n) is 30.3. The Balaban J connectivity index is 1.45. The van der Waals surface area contributed by atoms with E-state index in [0.717, 1.165) is 77.6 Å². The van der Waals surface area contributed by atoms with Crippen LogP contribution in [0.15, 0.2) is 120 Å². The molecule has 0 aliphatic carbocycles. The monoisotopic (exact) mass is 684 g/mol. The summed E-state index contributed by atoms with van der Waals surface area (Å²) in [5.74, 6) is 1.06. The zero-order chi connectivity index (χ0) is 36.3. The van der Waals surface area contributed by atoms with Gasteiger partial charge < -0.3 is 19.3 Å². The molecule has 0 unspecified atom stereocenters. The number of nitrogens with zero attached hydrogens (tertiary/aromatic N) is 2. The molecule has 6 heteroatoms. The molecule has 6 aromatic rings.